The van der Waals surface area contributed by atoms with Gasteiger partial charge in [-0.2, -0.15) is 0 Å². The van der Waals surface area contributed by atoms with Crippen LogP contribution in [0.15, 0.2) is 35.5 Å². The van der Waals surface area contributed by atoms with Crippen molar-refractivity contribution in [1.29, 1.82) is 0 Å². The molecule has 0 saturated carbocycles. The lowest BCUT2D eigenvalue weighted by Gasteiger charge is -1.93. The molecule has 13 heavy (non-hydrogen) atoms. The number of aryl methyl sites for hydroxylation is 1. The number of rotatable bonds is 2. The van der Waals surface area contributed by atoms with Gasteiger partial charge in [-0.3, -0.25) is 0 Å². The molecule has 1 aromatic rings. The molecule has 0 heterocycles. The van der Waals surface area contributed by atoms with Gasteiger partial charge in [-0.1, -0.05) is 41.1 Å². The molecule has 0 bridgehead atoms. The van der Waals surface area contributed by atoms with E-state index < -0.39 is 0 Å². The van der Waals surface area contributed by atoms with E-state index in [0.29, 0.717) is 0 Å². The van der Waals surface area contributed by atoms with E-state index in [1.54, 1.807) is 12.2 Å². The molecule has 0 atom stereocenters. The van der Waals surface area contributed by atoms with Gasteiger partial charge in [0.1, 0.15) is 0 Å². The Labute approximate surface area is 77.2 Å². The first-order valence-electron chi connectivity index (χ1n) is 3.94. The quantitative estimate of drug-likeness (QED) is 0.312. The minimum Gasteiger partial charge on any atom is -0.409 e. The molecular weight excluding hydrogens is 164 g/mol. The molecule has 0 spiro atoms. The van der Waals surface area contributed by atoms with E-state index in [2.05, 4.69) is 5.16 Å². The van der Waals surface area contributed by atoms with Crippen LogP contribution in [-0.4, -0.2) is 11.0 Å². The number of hydrogen-bond acceptors (Lipinski definition) is 2. The third-order valence-corrected chi connectivity index (χ3v) is 1.64. The molecule has 3 heteroatoms. The molecule has 3 nitrogen and oxygen atoms in total. The highest BCUT2D eigenvalue weighted by Gasteiger charge is 1.87. The first-order valence-corrected chi connectivity index (χ1v) is 3.94. The molecule has 0 saturated heterocycles. The van der Waals surface area contributed by atoms with E-state index in [9.17, 15) is 0 Å². The second-order valence-electron chi connectivity index (χ2n) is 2.77. The highest BCUT2D eigenvalue weighted by atomic mass is 16.4. The first-order chi connectivity index (χ1) is 6.22. The van der Waals surface area contributed by atoms with Gasteiger partial charge in [-0.05, 0) is 18.6 Å². The molecule has 0 fully saturated rings. The van der Waals surface area contributed by atoms with Crippen molar-refractivity contribution in [3.8, 4) is 0 Å². The van der Waals surface area contributed by atoms with Crippen molar-refractivity contribution in [2.75, 3.05) is 0 Å². The second kappa shape index (κ2) is 4.30. The molecule has 3 N–H and O–H groups in total. The third-order valence-electron chi connectivity index (χ3n) is 1.64. The van der Waals surface area contributed by atoms with Crippen molar-refractivity contribution >= 4 is 11.9 Å². The maximum absolute atomic E-state index is 8.27. The summed E-state index contributed by atoms with van der Waals surface area (Å²) in [5.41, 5.74) is 7.50. The third kappa shape index (κ3) is 2.99. The van der Waals surface area contributed by atoms with Crippen molar-refractivity contribution < 1.29 is 5.21 Å². The van der Waals surface area contributed by atoms with Crippen LogP contribution >= 0.6 is 0 Å². The van der Waals surface area contributed by atoms with Gasteiger partial charge in [0.2, 0.25) is 0 Å². The number of benzene rings is 1. The Morgan fingerprint density at radius 2 is 2.00 bits per heavy atom. The monoisotopic (exact) mass is 176 g/mol. The molecule has 68 valence electrons. The van der Waals surface area contributed by atoms with Gasteiger partial charge in [0.25, 0.3) is 0 Å². The minimum atomic E-state index is 0.0978. The zero-order valence-corrected chi connectivity index (χ0v) is 7.44. The minimum absolute atomic E-state index is 0.0978. The van der Waals surface area contributed by atoms with Crippen LogP contribution in [0.25, 0.3) is 6.08 Å². The molecule has 0 radical (unpaired) electrons. The van der Waals surface area contributed by atoms with E-state index in [4.69, 9.17) is 10.9 Å². The molecule has 0 aliphatic rings. The maximum Gasteiger partial charge on any atom is 0.162 e. The Morgan fingerprint density at radius 3 is 2.54 bits per heavy atom. The summed E-state index contributed by atoms with van der Waals surface area (Å²) in [6.07, 6.45) is 3.33. The van der Waals surface area contributed by atoms with Gasteiger partial charge in [-0.15, -0.1) is 0 Å². The SMILES string of the molecule is Cc1ccc(/C=C/C(N)=N/O)cc1. The van der Waals surface area contributed by atoms with E-state index in [1.807, 2.05) is 31.2 Å². The molecule has 1 aromatic carbocycles. The van der Waals surface area contributed by atoms with Gasteiger partial charge in [0.05, 0.1) is 0 Å². The molecule has 0 amide bonds. The second-order valence-corrected chi connectivity index (χ2v) is 2.77. The predicted molar refractivity (Wildman–Crippen MR) is 53.6 cm³/mol. The van der Waals surface area contributed by atoms with Crippen LogP contribution < -0.4 is 5.73 Å². The molecule has 1 rings (SSSR count). The summed E-state index contributed by atoms with van der Waals surface area (Å²) < 4.78 is 0. The lowest BCUT2D eigenvalue weighted by molar-refractivity contribution is 0.319. The molecule has 0 unspecified atom stereocenters. The van der Waals surface area contributed by atoms with Crippen LogP contribution in [0.4, 0.5) is 0 Å². The van der Waals surface area contributed by atoms with Crippen molar-refractivity contribution in [2.45, 2.75) is 6.92 Å². The fraction of sp³-hybridized carbons (Fsp3) is 0.100. The van der Waals surface area contributed by atoms with Crippen LogP contribution in [0.5, 0.6) is 0 Å². The van der Waals surface area contributed by atoms with Gasteiger partial charge in [0, 0.05) is 0 Å². The van der Waals surface area contributed by atoms with Crippen LogP contribution in [0.3, 0.4) is 0 Å². The van der Waals surface area contributed by atoms with Crippen molar-refractivity contribution in [1.82, 2.24) is 0 Å². The predicted octanol–water partition coefficient (Wildman–Crippen LogP) is 1.75. The van der Waals surface area contributed by atoms with Crippen molar-refractivity contribution in [3.63, 3.8) is 0 Å². The van der Waals surface area contributed by atoms with Crippen LogP contribution in [0.1, 0.15) is 11.1 Å². The lowest BCUT2D eigenvalue weighted by atomic mass is 10.1. The fourth-order valence-electron chi connectivity index (χ4n) is 0.893. The largest absolute Gasteiger partial charge is 0.409 e. The summed E-state index contributed by atoms with van der Waals surface area (Å²) in [5, 5.41) is 11.1. The molecule has 0 aliphatic carbocycles. The number of nitrogens with two attached hydrogens (primary N) is 1. The summed E-state index contributed by atoms with van der Waals surface area (Å²) in [4.78, 5) is 0. The van der Waals surface area contributed by atoms with Gasteiger partial charge < -0.3 is 10.9 Å². The van der Waals surface area contributed by atoms with Crippen LogP contribution in [-0.2, 0) is 0 Å². The van der Waals surface area contributed by atoms with Crippen LogP contribution in [0, 0.1) is 6.92 Å². The zero-order valence-electron chi connectivity index (χ0n) is 7.44. The zero-order chi connectivity index (χ0) is 9.68. The Kier molecular flexibility index (Phi) is 3.09. The summed E-state index contributed by atoms with van der Waals surface area (Å²) in [6, 6.07) is 7.95. The Bertz CT molecular complexity index is 325. The summed E-state index contributed by atoms with van der Waals surface area (Å²) in [6.45, 7) is 2.02. The standard InChI is InChI=1S/C10H12N2O/c1-8-2-4-9(5-3-8)6-7-10(11)12-13/h2-7,13H,1H3,(H2,11,12)/b7-6+. The molecule has 0 aromatic heterocycles. The van der Waals surface area contributed by atoms with E-state index in [1.165, 1.54) is 5.56 Å². The highest BCUT2D eigenvalue weighted by molar-refractivity contribution is 5.94. The fourth-order valence-corrected chi connectivity index (χ4v) is 0.893. The average Bonchev–Trinajstić information content (AvgIpc) is 2.16. The highest BCUT2D eigenvalue weighted by Crippen LogP contribution is 2.04. The topological polar surface area (TPSA) is 58.6 Å². The molecular formula is C10H12N2O. The number of amidine groups is 1. The van der Waals surface area contributed by atoms with Gasteiger partial charge in [0.15, 0.2) is 5.84 Å². The normalized spacial score (nSPS) is 12.2. The van der Waals surface area contributed by atoms with Crippen molar-refractivity contribution in [2.24, 2.45) is 10.9 Å². The summed E-state index contributed by atoms with van der Waals surface area (Å²) >= 11 is 0. The Morgan fingerprint density at radius 1 is 1.38 bits per heavy atom. The average molecular weight is 176 g/mol. The smallest absolute Gasteiger partial charge is 0.162 e. The first kappa shape index (κ1) is 9.32. The summed E-state index contributed by atoms with van der Waals surface area (Å²) in [5.74, 6) is 0.0978. The van der Waals surface area contributed by atoms with Gasteiger partial charge >= 0.3 is 0 Å². The number of nitrogens with zero attached hydrogens (tertiary/aromatic N) is 1. The van der Waals surface area contributed by atoms with E-state index in [0.717, 1.165) is 5.56 Å². The van der Waals surface area contributed by atoms with E-state index in [-0.39, 0.29) is 5.84 Å². The molecule has 0 aliphatic heterocycles. The van der Waals surface area contributed by atoms with Crippen molar-refractivity contribution in [3.05, 3.63) is 41.5 Å². The summed E-state index contributed by atoms with van der Waals surface area (Å²) in [7, 11) is 0. The van der Waals surface area contributed by atoms with Crippen LogP contribution in [0.2, 0.25) is 0 Å². The lowest BCUT2D eigenvalue weighted by Crippen LogP contribution is -2.06. The van der Waals surface area contributed by atoms with Gasteiger partial charge in [-0.25, -0.2) is 0 Å². The maximum atomic E-state index is 8.27. The van der Waals surface area contributed by atoms with E-state index >= 15 is 0 Å². The number of oxime groups is 1. The number of hydrogen-bond donors (Lipinski definition) is 2. The Balaban J connectivity index is 2.75. The Hall–Kier alpha value is -1.77.